The molecule has 1 unspecified atom stereocenters. The van der Waals surface area contributed by atoms with E-state index in [1.165, 1.54) is 38.1 Å². The molecule has 0 aliphatic carbocycles. The summed E-state index contributed by atoms with van der Waals surface area (Å²) in [6.07, 6.45) is -4.56. The minimum atomic E-state index is -4.56. The van der Waals surface area contributed by atoms with E-state index < -0.39 is 28.6 Å². The van der Waals surface area contributed by atoms with Crippen molar-refractivity contribution >= 4 is 17.3 Å². The van der Waals surface area contributed by atoms with Gasteiger partial charge >= 0.3 is 6.18 Å². The lowest BCUT2D eigenvalue weighted by molar-refractivity contribution is -0.383. The second-order valence-corrected chi connectivity index (χ2v) is 5.52. The molecule has 0 aliphatic heterocycles. The normalized spacial score (nSPS) is 12.7. The SMILES string of the molecule is Cc1cc(C(F)(F)F)nn1CC(C)C(=O)Nc1ccccc1[N+](=O)[O-]. The van der Waals surface area contributed by atoms with Gasteiger partial charge < -0.3 is 5.32 Å². The van der Waals surface area contributed by atoms with Gasteiger partial charge in [0.05, 0.1) is 17.4 Å². The number of nitro benzene ring substituents is 1. The molecule has 0 aliphatic rings. The molecule has 0 bridgehead atoms. The van der Waals surface area contributed by atoms with Gasteiger partial charge in [0, 0.05) is 11.8 Å². The molecule has 2 rings (SSSR count). The van der Waals surface area contributed by atoms with Gasteiger partial charge in [0.15, 0.2) is 5.69 Å². The number of anilines is 1. The zero-order valence-electron chi connectivity index (χ0n) is 13.4. The first-order valence-corrected chi connectivity index (χ1v) is 7.25. The Labute approximate surface area is 140 Å². The first kappa shape index (κ1) is 18.4. The number of benzene rings is 1. The number of hydrogen-bond donors (Lipinski definition) is 1. The summed E-state index contributed by atoms with van der Waals surface area (Å²) in [5.41, 5.74) is -1.01. The number of aryl methyl sites for hydroxylation is 1. The van der Waals surface area contributed by atoms with Gasteiger partial charge in [-0.1, -0.05) is 19.1 Å². The molecule has 1 aromatic carbocycles. The first-order valence-electron chi connectivity index (χ1n) is 7.25. The molecule has 2 aromatic rings. The fourth-order valence-corrected chi connectivity index (χ4v) is 2.17. The maximum Gasteiger partial charge on any atom is 0.435 e. The molecule has 0 radical (unpaired) electrons. The smallest absolute Gasteiger partial charge is 0.320 e. The second-order valence-electron chi connectivity index (χ2n) is 5.52. The van der Waals surface area contributed by atoms with Crippen LogP contribution in [0.1, 0.15) is 18.3 Å². The maximum atomic E-state index is 12.7. The van der Waals surface area contributed by atoms with Crippen LogP contribution in [0.3, 0.4) is 0 Å². The minimum absolute atomic E-state index is 0.0255. The molecule has 1 amide bonds. The average Bonchev–Trinajstić information content (AvgIpc) is 2.88. The van der Waals surface area contributed by atoms with E-state index >= 15 is 0 Å². The molecule has 10 heteroatoms. The number of para-hydroxylation sites is 2. The number of nitrogens with zero attached hydrogens (tertiary/aromatic N) is 3. The third-order valence-electron chi connectivity index (χ3n) is 3.52. The van der Waals surface area contributed by atoms with E-state index in [0.29, 0.717) is 0 Å². The maximum absolute atomic E-state index is 12.7. The molecule has 0 saturated carbocycles. The highest BCUT2D eigenvalue weighted by atomic mass is 19.4. The van der Waals surface area contributed by atoms with E-state index in [0.717, 1.165) is 10.7 Å². The minimum Gasteiger partial charge on any atom is -0.320 e. The summed E-state index contributed by atoms with van der Waals surface area (Å²) in [5, 5.41) is 16.8. The van der Waals surface area contributed by atoms with Gasteiger partial charge in [-0.3, -0.25) is 19.6 Å². The Bertz CT molecular complexity index is 802. The number of aromatic nitrogens is 2. The summed E-state index contributed by atoms with van der Waals surface area (Å²) in [6.45, 7) is 2.86. The Hall–Kier alpha value is -2.91. The van der Waals surface area contributed by atoms with Gasteiger partial charge in [0.25, 0.3) is 5.69 Å². The summed E-state index contributed by atoms with van der Waals surface area (Å²) >= 11 is 0. The number of hydrogen-bond acceptors (Lipinski definition) is 4. The zero-order chi connectivity index (χ0) is 18.8. The number of rotatable bonds is 5. The molecule has 0 fully saturated rings. The molecule has 1 N–H and O–H groups in total. The second kappa shape index (κ2) is 6.91. The Balaban J connectivity index is 2.12. The number of halogens is 3. The van der Waals surface area contributed by atoms with Crippen molar-refractivity contribution in [1.29, 1.82) is 0 Å². The van der Waals surface area contributed by atoms with Crippen LogP contribution in [-0.4, -0.2) is 20.6 Å². The van der Waals surface area contributed by atoms with Crippen molar-refractivity contribution in [1.82, 2.24) is 9.78 Å². The lowest BCUT2D eigenvalue weighted by Crippen LogP contribution is -2.25. The third-order valence-corrected chi connectivity index (χ3v) is 3.52. The monoisotopic (exact) mass is 356 g/mol. The molecule has 1 atom stereocenters. The van der Waals surface area contributed by atoms with Crippen LogP contribution in [0.4, 0.5) is 24.5 Å². The first-order chi connectivity index (χ1) is 11.6. The molecule has 134 valence electrons. The van der Waals surface area contributed by atoms with E-state index in [4.69, 9.17) is 0 Å². The molecular formula is C15H15F3N4O3. The van der Waals surface area contributed by atoms with Gasteiger partial charge in [-0.2, -0.15) is 18.3 Å². The van der Waals surface area contributed by atoms with Crippen LogP contribution < -0.4 is 5.32 Å². The summed E-state index contributed by atoms with van der Waals surface area (Å²) in [6, 6.07) is 6.51. The van der Waals surface area contributed by atoms with Crippen LogP contribution in [0.5, 0.6) is 0 Å². The number of nitrogens with one attached hydrogen (secondary N) is 1. The van der Waals surface area contributed by atoms with Crippen LogP contribution >= 0.6 is 0 Å². The highest BCUT2D eigenvalue weighted by Gasteiger charge is 2.34. The lowest BCUT2D eigenvalue weighted by atomic mass is 10.1. The topological polar surface area (TPSA) is 90.1 Å². The quantitative estimate of drug-likeness (QED) is 0.657. The molecule has 7 nitrogen and oxygen atoms in total. The number of alkyl halides is 3. The zero-order valence-corrected chi connectivity index (χ0v) is 13.4. The Kier molecular flexibility index (Phi) is 5.10. The summed E-state index contributed by atoms with van der Waals surface area (Å²) in [4.78, 5) is 22.5. The summed E-state index contributed by atoms with van der Waals surface area (Å²) in [5.74, 6) is -1.31. The van der Waals surface area contributed by atoms with Crippen molar-refractivity contribution in [3.63, 3.8) is 0 Å². The Morgan fingerprint density at radius 2 is 2.04 bits per heavy atom. The molecule has 25 heavy (non-hydrogen) atoms. The van der Waals surface area contributed by atoms with E-state index in [1.54, 1.807) is 0 Å². The number of carbonyl (C=O) groups excluding carboxylic acids is 1. The van der Waals surface area contributed by atoms with Gasteiger partial charge in [0.1, 0.15) is 5.69 Å². The molecular weight excluding hydrogens is 341 g/mol. The number of nitro groups is 1. The third kappa shape index (κ3) is 4.34. The van der Waals surface area contributed by atoms with Gasteiger partial charge in [0.2, 0.25) is 5.91 Å². The van der Waals surface area contributed by atoms with E-state index in [9.17, 15) is 28.1 Å². The molecule has 1 aromatic heterocycles. The van der Waals surface area contributed by atoms with Crippen LogP contribution in [0.25, 0.3) is 0 Å². The molecule has 0 saturated heterocycles. The standard InChI is InChI=1S/C15H15F3N4O3/c1-9(8-21-10(2)7-13(20-21)15(16,17)18)14(23)19-11-5-3-4-6-12(11)22(24)25/h3-7,9H,8H2,1-2H3,(H,19,23). The van der Waals surface area contributed by atoms with Crippen LogP contribution in [0.2, 0.25) is 0 Å². The van der Waals surface area contributed by atoms with Gasteiger partial charge in [-0.15, -0.1) is 0 Å². The summed E-state index contributed by atoms with van der Waals surface area (Å²) < 4.78 is 39.1. The number of amides is 1. The Morgan fingerprint density at radius 1 is 1.40 bits per heavy atom. The van der Waals surface area contributed by atoms with Crippen LogP contribution in [-0.2, 0) is 17.5 Å². The van der Waals surface area contributed by atoms with Crippen LogP contribution in [0.15, 0.2) is 30.3 Å². The molecule has 0 spiro atoms. The fraction of sp³-hybridized carbons (Fsp3) is 0.333. The lowest BCUT2D eigenvalue weighted by Gasteiger charge is -2.13. The van der Waals surface area contributed by atoms with E-state index in [2.05, 4.69) is 10.4 Å². The molecule has 1 heterocycles. The van der Waals surface area contributed by atoms with Gasteiger partial charge in [-0.25, -0.2) is 0 Å². The van der Waals surface area contributed by atoms with Crippen molar-refractivity contribution in [2.75, 3.05) is 5.32 Å². The van der Waals surface area contributed by atoms with Crippen molar-refractivity contribution in [2.24, 2.45) is 5.92 Å². The highest BCUT2D eigenvalue weighted by Crippen LogP contribution is 2.29. The Morgan fingerprint density at radius 3 is 2.60 bits per heavy atom. The van der Waals surface area contributed by atoms with Crippen molar-refractivity contribution < 1.29 is 22.9 Å². The fourth-order valence-electron chi connectivity index (χ4n) is 2.17. The van der Waals surface area contributed by atoms with Crippen molar-refractivity contribution in [3.8, 4) is 0 Å². The van der Waals surface area contributed by atoms with Gasteiger partial charge in [-0.05, 0) is 19.1 Å². The van der Waals surface area contributed by atoms with E-state index in [-0.39, 0.29) is 23.6 Å². The number of carbonyl (C=O) groups is 1. The predicted octanol–water partition coefficient (Wildman–Crippen LogP) is 3.39. The summed E-state index contributed by atoms with van der Waals surface area (Å²) in [7, 11) is 0. The van der Waals surface area contributed by atoms with E-state index in [1.807, 2.05) is 0 Å². The van der Waals surface area contributed by atoms with Crippen molar-refractivity contribution in [2.45, 2.75) is 26.6 Å². The highest BCUT2D eigenvalue weighted by molar-refractivity contribution is 5.94. The average molecular weight is 356 g/mol. The van der Waals surface area contributed by atoms with Crippen LogP contribution in [0, 0.1) is 23.0 Å². The predicted molar refractivity (Wildman–Crippen MR) is 82.9 cm³/mol. The largest absolute Gasteiger partial charge is 0.435 e. The van der Waals surface area contributed by atoms with Crippen molar-refractivity contribution in [3.05, 3.63) is 51.8 Å².